The van der Waals surface area contributed by atoms with Crippen molar-refractivity contribution in [3.8, 4) is 5.75 Å². The van der Waals surface area contributed by atoms with Gasteiger partial charge in [-0.15, -0.1) is 0 Å². The zero-order chi connectivity index (χ0) is 20.5. The summed E-state index contributed by atoms with van der Waals surface area (Å²) in [6.07, 6.45) is 3.10. The normalized spacial score (nSPS) is 10.7. The van der Waals surface area contributed by atoms with Crippen LogP contribution in [0.3, 0.4) is 0 Å². The number of carbonyl (C=O) groups is 3. The average molecular weight is 382 g/mol. The number of hydrogen-bond donors (Lipinski definition) is 3. The first-order valence-electron chi connectivity index (χ1n) is 8.68. The van der Waals surface area contributed by atoms with Gasteiger partial charge in [0.2, 0.25) is 0 Å². The maximum absolute atomic E-state index is 12.3. The van der Waals surface area contributed by atoms with Crippen LogP contribution in [0, 0.1) is 0 Å². The van der Waals surface area contributed by atoms with Crippen molar-refractivity contribution in [2.45, 2.75) is 19.9 Å². The van der Waals surface area contributed by atoms with Crippen molar-refractivity contribution in [2.24, 2.45) is 0 Å². The van der Waals surface area contributed by atoms with Crippen molar-refractivity contribution in [2.75, 3.05) is 11.9 Å². The molecule has 28 heavy (non-hydrogen) atoms. The Bertz CT molecular complexity index is 855. The summed E-state index contributed by atoms with van der Waals surface area (Å²) in [6, 6.07) is 13.0. The Hall–Kier alpha value is -3.61. The number of carboxylic acid groups (broad SMARTS) is 1. The molecule has 0 spiro atoms. The first-order valence-corrected chi connectivity index (χ1v) is 8.68. The van der Waals surface area contributed by atoms with Crippen molar-refractivity contribution < 1.29 is 24.2 Å². The third kappa shape index (κ3) is 6.95. The van der Waals surface area contributed by atoms with Gasteiger partial charge < -0.3 is 20.5 Å². The van der Waals surface area contributed by atoms with Gasteiger partial charge in [-0.2, -0.15) is 0 Å². The number of amides is 2. The molecule has 0 atom stereocenters. The van der Waals surface area contributed by atoms with E-state index in [1.807, 2.05) is 13.8 Å². The Morgan fingerprint density at radius 2 is 1.68 bits per heavy atom. The molecule has 0 saturated heterocycles. The number of aliphatic carboxylic acids is 1. The molecule has 0 heterocycles. The van der Waals surface area contributed by atoms with Crippen molar-refractivity contribution in [1.82, 2.24) is 5.32 Å². The highest BCUT2D eigenvalue weighted by Crippen LogP contribution is 2.14. The minimum Gasteiger partial charge on any atom is -0.482 e. The van der Waals surface area contributed by atoms with E-state index in [0.717, 1.165) is 5.56 Å². The molecule has 2 aromatic carbocycles. The number of nitrogens with one attached hydrogen (secondary N) is 2. The molecule has 0 saturated carbocycles. The van der Waals surface area contributed by atoms with Gasteiger partial charge >= 0.3 is 12.0 Å². The number of allylic oxidation sites excluding steroid dienone is 1. The summed E-state index contributed by atoms with van der Waals surface area (Å²) >= 11 is 0. The van der Waals surface area contributed by atoms with Gasteiger partial charge in [0.15, 0.2) is 12.4 Å². The molecule has 2 amide bonds. The highest BCUT2D eigenvalue weighted by Gasteiger charge is 2.05. The molecule has 0 radical (unpaired) electrons. The van der Waals surface area contributed by atoms with Crippen LogP contribution in [0.5, 0.6) is 5.75 Å². The van der Waals surface area contributed by atoms with Gasteiger partial charge in [-0.05, 0) is 61.9 Å². The minimum absolute atomic E-state index is 0.0313. The molecular weight excluding hydrogens is 360 g/mol. The summed E-state index contributed by atoms with van der Waals surface area (Å²) in [6.45, 7) is 3.33. The molecular formula is C21H22N2O5. The quantitative estimate of drug-likeness (QED) is 0.478. The number of ketones is 1. The number of benzene rings is 2. The second-order valence-corrected chi connectivity index (χ2v) is 6.28. The Labute approximate surface area is 163 Å². The molecule has 0 aliphatic carbocycles. The monoisotopic (exact) mass is 382 g/mol. The third-order valence-electron chi connectivity index (χ3n) is 3.52. The summed E-state index contributed by atoms with van der Waals surface area (Å²) in [4.78, 5) is 34.4. The van der Waals surface area contributed by atoms with Gasteiger partial charge in [0, 0.05) is 17.3 Å². The predicted molar refractivity (Wildman–Crippen MR) is 107 cm³/mol. The van der Waals surface area contributed by atoms with Crippen LogP contribution in [0.25, 0.3) is 6.08 Å². The Morgan fingerprint density at radius 1 is 1.04 bits per heavy atom. The second kappa shape index (κ2) is 9.91. The molecule has 0 aliphatic rings. The molecule has 2 aromatic rings. The number of carboxylic acids is 1. The SMILES string of the molecule is CC(C)NC(=O)Nc1ccc(C(=O)/C=C/c2ccc(OCC(=O)O)cc2)cc1. The van der Waals surface area contributed by atoms with Crippen LogP contribution in [-0.2, 0) is 4.79 Å². The van der Waals surface area contributed by atoms with Gasteiger partial charge in [0.25, 0.3) is 0 Å². The molecule has 0 aliphatic heterocycles. The van der Waals surface area contributed by atoms with E-state index in [0.29, 0.717) is 17.0 Å². The van der Waals surface area contributed by atoms with E-state index in [1.165, 1.54) is 6.08 Å². The Kier molecular flexibility index (Phi) is 7.33. The summed E-state index contributed by atoms with van der Waals surface area (Å²) in [5.74, 6) is -0.781. The lowest BCUT2D eigenvalue weighted by Gasteiger charge is -2.10. The van der Waals surface area contributed by atoms with E-state index in [1.54, 1.807) is 54.6 Å². The zero-order valence-corrected chi connectivity index (χ0v) is 15.6. The molecule has 0 fully saturated rings. The fraction of sp³-hybridized carbons (Fsp3) is 0.190. The smallest absolute Gasteiger partial charge is 0.341 e. The number of urea groups is 1. The first kappa shape index (κ1) is 20.7. The van der Waals surface area contributed by atoms with Crippen LogP contribution in [0.1, 0.15) is 29.8 Å². The molecule has 0 bridgehead atoms. The van der Waals surface area contributed by atoms with Gasteiger partial charge in [-0.25, -0.2) is 9.59 Å². The number of ether oxygens (including phenoxy) is 1. The highest BCUT2D eigenvalue weighted by atomic mass is 16.5. The Balaban J connectivity index is 1.93. The molecule has 7 heteroatoms. The molecule has 0 aromatic heterocycles. The highest BCUT2D eigenvalue weighted by molar-refractivity contribution is 6.07. The van der Waals surface area contributed by atoms with Crippen LogP contribution in [0.2, 0.25) is 0 Å². The number of hydrogen-bond acceptors (Lipinski definition) is 4. The standard InChI is InChI=1S/C21H22N2O5/c1-14(2)22-21(27)23-17-8-6-16(7-9-17)19(24)12-5-15-3-10-18(11-4-15)28-13-20(25)26/h3-12,14H,13H2,1-2H3,(H,25,26)(H2,22,23,27)/b12-5+. The molecule has 3 N–H and O–H groups in total. The van der Waals surface area contributed by atoms with Gasteiger partial charge in [-0.3, -0.25) is 4.79 Å². The van der Waals surface area contributed by atoms with Gasteiger partial charge in [-0.1, -0.05) is 18.2 Å². The molecule has 146 valence electrons. The topological polar surface area (TPSA) is 105 Å². The van der Waals surface area contributed by atoms with Crippen LogP contribution < -0.4 is 15.4 Å². The van der Waals surface area contributed by atoms with E-state index < -0.39 is 12.6 Å². The van der Waals surface area contributed by atoms with Crippen LogP contribution in [-0.4, -0.2) is 35.5 Å². The van der Waals surface area contributed by atoms with Crippen LogP contribution >= 0.6 is 0 Å². The zero-order valence-electron chi connectivity index (χ0n) is 15.6. The summed E-state index contributed by atoms with van der Waals surface area (Å²) < 4.78 is 5.05. The van der Waals surface area contributed by atoms with Crippen LogP contribution in [0.15, 0.2) is 54.6 Å². The summed E-state index contributed by atoms with van der Waals surface area (Å²) in [5, 5.41) is 14.0. The number of anilines is 1. The van der Waals surface area contributed by atoms with Crippen molar-refractivity contribution in [3.63, 3.8) is 0 Å². The van der Waals surface area contributed by atoms with Gasteiger partial charge in [0.1, 0.15) is 5.75 Å². The fourth-order valence-electron chi connectivity index (χ4n) is 2.24. The van der Waals surface area contributed by atoms with E-state index in [4.69, 9.17) is 9.84 Å². The van der Waals surface area contributed by atoms with Crippen molar-refractivity contribution in [3.05, 3.63) is 65.7 Å². The number of rotatable bonds is 8. The van der Waals surface area contributed by atoms with Crippen LogP contribution in [0.4, 0.5) is 10.5 Å². The average Bonchev–Trinajstić information content (AvgIpc) is 2.65. The maximum Gasteiger partial charge on any atom is 0.341 e. The number of carbonyl (C=O) groups excluding carboxylic acids is 2. The van der Waals surface area contributed by atoms with E-state index >= 15 is 0 Å². The second-order valence-electron chi connectivity index (χ2n) is 6.28. The summed E-state index contributed by atoms with van der Waals surface area (Å²) in [5.41, 5.74) is 1.86. The van der Waals surface area contributed by atoms with E-state index in [2.05, 4.69) is 10.6 Å². The molecule has 7 nitrogen and oxygen atoms in total. The fourth-order valence-corrected chi connectivity index (χ4v) is 2.24. The van der Waals surface area contributed by atoms with Crippen molar-refractivity contribution in [1.29, 1.82) is 0 Å². The third-order valence-corrected chi connectivity index (χ3v) is 3.52. The summed E-state index contributed by atoms with van der Waals surface area (Å²) in [7, 11) is 0. The largest absolute Gasteiger partial charge is 0.482 e. The molecule has 0 unspecified atom stereocenters. The lowest BCUT2D eigenvalue weighted by molar-refractivity contribution is -0.139. The van der Waals surface area contributed by atoms with E-state index in [9.17, 15) is 14.4 Å². The van der Waals surface area contributed by atoms with Gasteiger partial charge in [0.05, 0.1) is 0 Å². The van der Waals surface area contributed by atoms with Crippen molar-refractivity contribution >= 4 is 29.5 Å². The molecule has 2 rings (SSSR count). The minimum atomic E-state index is -1.05. The lowest BCUT2D eigenvalue weighted by Crippen LogP contribution is -2.34. The maximum atomic E-state index is 12.3. The van der Waals surface area contributed by atoms with E-state index in [-0.39, 0.29) is 17.9 Å². The Morgan fingerprint density at radius 3 is 2.25 bits per heavy atom. The first-order chi connectivity index (χ1) is 13.3. The predicted octanol–water partition coefficient (Wildman–Crippen LogP) is 3.58. The lowest BCUT2D eigenvalue weighted by atomic mass is 10.1.